The number of hydrogen-bond donors (Lipinski definition) is 1. The molecule has 90 valence electrons. The Kier molecular flexibility index (Phi) is 2.72. The highest BCUT2D eigenvalue weighted by atomic mass is 32.2. The molecule has 3 nitrogen and oxygen atoms in total. The summed E-state index contributed by atoms with van der Waals surface area (Å²) in [7, 11) is 1.62. The lowest BCUT2D eigenvalue weighted by Crippen LogP contribution is -2.17. The monoisotopic (exact) mass is 257 g/mol. The van der Waals surface area contributed by atoms with Crippen molar-refractivity contribution in [3.63, 3.8) is 0 Å². The van der Waals surface area contributed by atoms with Crippen molar-refractivity contribution in [1.29, 1.82) is 0 Å². The van der Waals surface area contributed by atoms with E-state index in [1.807, 2.05) is 36.4 Å². The van der Waals surface area contributed by atoms with Gasteiger partial charge in [0.25, 0.3) is 5.91 Å². The maximum absolute atomic E-state index is 11.6. The molecule has 0 radical (unpaired) electrons. The first kappa shape index (κ1) is 11.2. The highest BCUT2D eigenvalue weighted by molar-refractivity contribution is 7.99. The summed E-state index contributed by atoms with van der Waals surface area (Å²) in [6.45, 7) is 0. The van der Waals surface area contributed by atoms with E-state index in [1.165, 1.54) is 0 Å². The first-order chi connectivity index (χ1) is 8.78. The fourth-order valence-corrected chi connectivity index (χ4v) is 2.74. The highest BCUT2D eigenvalue weighted by Crippen LogP contribution is 2.46. The Morgan fingerprint density at radius 3 is 2.72 bits per heavy atom. The van der Waals surface area contributed by atoms with Crippen LogP contribution in [0.1, 0.15) is 10.4 Å². The second-order valence-corrected chi connectivity index (χ2v) is 4.98. The molecule has 1 aliphatic rings. The van der Waals surface area contributed by atoms with Crippen LogP contribution in [0.15, 0.2) is 52.3 Å². The lowest BCUT2D eigenvalue weighted by atomic mass is 10.2. The number of nitrogens with one attached hydrogen (secondary N) is 1. The minimum Gasteiger partial charge on any atom is -0.455 e. The van der Waals surface area contributed by atoms with Crippen LogP contribution in [0.5, 0.6) is 11.5 Å². The molecule has 0 unspecified atom stereocenters. The van der Waals surface area contributed by atoms with Crippen molar-refractivity contribution in [2.45, 2.75) is 9.79 Å². The maximum Gasteiger partial charge on any atom is 0.251 e. The van der Waals surface area contributed by atoms with Gasteiger partial charge in [0.1, 0.15) is 11.5 Å². The van der Waals surface area contributed by atoms with Crippen molar-refractivity contribution < 1.29 is 9.53 Å². The third-order valence-corrected chi connectivity index (χ3v) is 3.84. The molecular formula is C14H11NO2S. The third kappa shape index (κ3) is 1.84. The molecule has 0 saturated carbocycles. The summed E-state index contributed by atoms with van der Waals surface area (Å²) in [5, 5.41) is 2.61. The van der Waals surface area contributed by atoms with Gasteiger partial charge in [-0.25, -0.2) is 0 Å². The molecule has 0 atom stereocenters. The summed E-state index contributed by atoms with van der Waals surface area (Å²) in [5.41, 5.74) is 0.608. The van der Waals surface area contributed by atoms with Gasteiger partial charge in [-0.3, -0.25) is 4.79 Å². The van der Waals surface area contributed by atoms with Gasteiger partial charge in [-0.2, -0.15) is 0 Å². The fourth-order valence-electron chi connectivity index (χ4n) is 1.81. The molecule has 0 spiro atoms. The second kappa shape index (κ2) is 4.38. The van der Waals surface area contributed by atoms with Gasteiger partial charge in [-0.1, -0.05) is 23.9 Å². The van der Waals surface area contributed by atoms with E-state index >= 15 is 0 Å². The van der Waals surface area contributed by atoms with E-state index in [0.717, 1.165) is 21.3 Å². The number of para-hydroxylation sites is 1. The van der Waals surface area contributed by atoms with Gasteiger partial charge < -0.3 is 10.1 Å². The predicted molar refractivity (Wildman–Crippen MR) is 70.5 cm³/mol. The van der Waals surface area contributed by atoms with Gasteiger partial charge >= 0.3 is 0 Å². The summed E-state index contributed by atoms with van der Waals surface area (Å²) >= 11 is 1.65. The maximum atomic E-state index is 11.6. The predicted octanol–water partition coefficient (Wildman–Crippen LogP) is 3.30. The molecule has 1 aliphatic heterocycles. The summed E-state index contributed by atoms with van der Waals surface area (Å²) in [6.07, 6.45) is 0. The van der Waals surface area contributed by atoms with Crippen LogP contribution in [0.25, 0.3) is 0 Å². The topological polar surface area (TPSA) is 38.3 Å². The molecule has 3 rings (SSSR count). The van der Waals surface area contributed by atoms with E-state index in [9.17, 15) is 4.79 Å². The van der Waals surface area contributed by atoms with Gasteiger partial charge in [0, 0.05) is 12.6 Å². The molecule has 18 heavy (non-hydrogen) atoms. The van der Waals surface area contributed by atoms with Crippen molar-refractivity contribution >= 4 is 17.7 Å². The lowest BCUT2D eigenvalue weighted by molar-refractivity contribution is 0.0962. The Labute approximate surface area is 109 Å². The van der Waals surface area contributed by atoms with E-state index in [4.69, 9.17) is 4.74 Å². The second-order valence-electron chi connectivity index (χ2n) is 3.89. The van der Waals surface area contributed by atoms with Crippen molar-refractivity contribution in [2.75, 3.05) is 7.05 Å². The van der Waals surface area contributed by atoms with E-state index < -0.39 is 0 Å². The number of ether oxygens (including phenoxy) is 1. The van der Waals surface area contributed by atoms with E-state index in [1.54, 1.807) is 24.9 Å². The summed E-state index contributed by atoms with van der Waals surface area (Å²) in [5.74, 6) is 1.47. The van der Waals surface area contributed by atoms with Crippen LogP contribution in [-0.4, -0.2) is 13.0 Å². The largest absolute Gasteiger partial charge is 0.455 e. The number of amides is 1. The number of hydrogen-bond acceptors (Lipinski definition) is 3. The average Bonchev–Trinajstić information content (AvgIpc) is 2.43. The van der Waals surface area contributed by atoms with Crippen molar-refractivity contribution in [3.8, 4) is 11.5 Å². The molecule has 2 aromatic carbocycles. The minimum atomic E-state index is -0.106. The quantitative estimate of drug-likeness (QED) is 0.727. The molecule has 0 saturated heterocycles. The van der Waals surface area contributed by atoms with Gasteiger partial charge in [0.2, 0.25) is 0 Å². The van der Waals surface area contributed by atoms with Crippen molar-refractivity contribution in [2.24, 2.45) is 0 Å². The first-order valence-electron chi connectivity index (χ1n) is 5.59. The van der Waals surface area contributed by atoms with Gasteiger partial charge in [-0.05, 0) is 30.3 Å². The van der Waals surface area contributed by atoms with E-state index in [2.05, 4.69) is 5.32 Å². The standard InChI is InChI=1S/C14H11NO2S/c1-15-14(16)9-6-7-13-11(8-9)17-10-4-2-3-5-12(10)18-13/h2-8H,1H3,(H,15,16). The average molecular weight is 257 g/mol. The van der Waals surface area contributed by atoms with Crippen LogP contribution in [0.2, 0.25) is 0 Å². The number of rotatable bonds is 1. The zero-order valence-corrected chi connectivity index (χ0v) is 10.6. The molecule has 0 aromatic heterocycles. The fraction of sp³-hybridized carbons (Fsp3) is 0.0714. The third-order valence-electron chi connectivity index (χ3n) is 2.72. The number of carbonyl (C=O) groups excluding carboxylic acids is 1. The Balaban J connectivity index is 2.01. The molecule has 0 bridgehead atoms. The van der Waals surface area contributed by atoms with Crippen LogP contribution >= 0.6 is 11.8 Å². The summed E-state index contributed by atoms with van der Waals surface area (Å²) in [4.78, 5) is 13.7. The first-order valence-corrected chi connectivity index (χ1v) is 6.40. The van der Waals surface area contributed by atoms with Crippen LogP contribution in [-0.2, 0) is 0 Å². The van der Waals surface area contributed by atoms with Gasteiger partial charge in [0.05, 0.1) is 9.79 Å². The molecule has 1 N–H and O–H groups in total. The van der Waals surface area contributed by atoms with Crippen molar-refractivity contribution in [1.82, 2.24) is 5.32 Å². The van der Waals surface area contributed by atoms with E-state index in [-0.39, 0.29) is 5.91 Å². The molecular weight excluding hydrogens is 246 g/mol. The van der Waals surface area contributed by atoms with Gasteiger partial charge in [0.15, 0.2) is 0 Å². The van der Waals surface area contributed by atoms with Gasteiger partial charge in [-0.15, -0.1) is 0 Å². The molecule has 4 heteroatoms. The normalized spacial score (nSPS) is 12.1. The molecule has 1 heterocycles. The van der Waals surface area contributed by atoms with Crippen LogP contribution in [0.3, 0.4) is 0 Å². The Morgan fingerprint density at radius 2 is 1.89 bits per heavy atom. The highest BCUT2D eigenvalue weighted by Gasteiger charge is 2.18. The zero-order chi connectivity index (χ0) is 12.5. The minimum absolute atomic E-state index is 0.106. The van der Waals surface area contributed by atoms with Crippen LogP contribution in [0, 0.1) is 0 Å². The summed E-state index contributed by atoms with van der Waals surface area (Å²) in [6, 6.07) is 13.4. The number of fused-ring (bicyclic) bond motifs is 2. The molecule has 2 aromatic rings. The van der Waals surface area contributed by atoms with Crippen LogP contribution < -0.4 is 10.1 Å². The Morgan fingerprint density at radius 1 is 1.11 bits per heavy atom. The SMILES string of the molecule is CNC(=O)c1ccc2c(c1)Oc1ccccc1S2. The molecule has 1 amide bonds. The smallest absolute Gasteiger partial charge is 0.251 e. The zero-order valence-electron chi connectivity index (χ0n) is 9.77. The Hall–Kier alpha value is -1.94. The van der Waals surface area contributed by atoms with E-state index in [0.29, 0.717) is 5.56 Å². The molecule has 0 fully saturated rings. The van der Waals surface area contributed by atoms with Crippen molar-refractivity contribution in [3.05, 3.63) is 48.0 Å². The lowest BCUT2D eigenvalue weighted by Gasteiger charge is -2.19. The number of benzene rings is 2. The summed E-state index contributed by atoms with van der Waals surface area (Å²) < 4.78 is 5.81. The molecule has 0 aliphatic carbocycles. The Bertz CT molecular complexity index is 625. The number of carbonyl (C=O) groups is 1. The van der Waals surface area contributed by atoms with Crippen LogP contribution in [0.4, 0.5) is 0 Å².